The highest BCUT2D eigenvalue weighted by Gasteiger charge is 1.96. The van der Waals surface area contributed by atoms with Crippen molar-refractivity contribution in [1.82, 2.24) is 4.90 Å². The van der Waals surface area contributed by atoms with Crippen molar-refractivity contribution in [3.8, 4) is 0 Å². The molecule has 0 rings (SSSR count). The Morgan fingerprint density at radius 1 is 1.44 bits per heavy atom. The van der Waals surface area contributed by atoms with Gasteiger partial charge in [-0.25, -0.2) is 0 Å². The average molecular weight is 186 g/mol. The molecule has 0 N–H and O–H groups in total. The normalized spacial score (nSPS) is 7.89. The van der Waals surface area contributed by atoms with E-state index in [1.54, 1.807) is 0 Å². The van der Waals surface area contributed by atoms with Crippen molar-refractivity contribution in [3.05, 3.63) is 0 Å². The fourth-order valence-electron chi connectivity index (χ4n) is 0.494. The molecule has 4 heteroatoms. The van der Waals surface area contributed by atoms with E-state index in [0.717, 1.165) is 13.1 Å². The molecule has 9 heavy (non-hydrogen) atoms. The lowest BCUT2D eigenvalue weighted by atomic mass is 10.6. The minimum atomic E-state index is 0. The molecule has 0 amide bonds. The molecular formula is C5H12ClNS2. The number of thiol groups is 1. The van der Waals surface area contributed by atoms with Crippen LogP contribution in [-0.4, -0.2) is 22.3 Å². The molecule has 0 aliphatic heterocycles. The highest BCUT2D eigenvalue weighted by atomic mass is 35.5. The Labute approximate surface area is 73.6 Å². The molecule has 0 unspecified atom stereocenters. The highest BCUT2D eigenvalue weighted by Crippen LogP contribution is 1.93. The number of hydrogen-bond donors (Lipinski definition) is 1. The number of rotatable bonds is 2. The second kappa shape index (κ2) is 6.65. The average Bonchev–Trinajstić information content (AvgIpc) is 1.69. The number of halogens is 1. The number of hydrogen-bond acceptors (Lipinski definition) is 1. The first kappa shape index (κ1) is 12.2. The van der Waals surface area contributed by atoms with Crippen molar-refractivity contribution in [2.75, 3.05) is 13.1 Å². The molecular weight excluding hydrogens is 174 g/mol. The van der Waals surface area contributed by atoms with Gasteiger partial charge in [0, 0.05) is 13.1 Å². The first-order chi connectivity index (χ1) is 3.72. The SMILES string of the molecule is CCN(CC)C(=S)S.Cl. The van der Waals surface area contributed by atoms with Crippen LogP contribution < -0.4 is 0 Å². The molecule has 0 saturated heterocycles. The second-order valence-electron chi connectivity index (χ2n) is 1.45. The third-order valence-corrected chi connectivity index (χ3v) is 1.58. The summed E-state index contributed by atoms with van der Waals surface area (Å²) in [6.07, 6.45) is 0. The van der Waals surface area contributed by atoms with Crippen molar-refractivity contribution in [3.63, 3.8) is 0 Å². The fourth-order valence-corrected chi connectivity index (χ4v) is 1.04. The zero-order chi connectivity index (χ0) is 6.57. The lowest BCUT2D eigenvalue weighted by Crippen LogP contribution is -2.24. The Balaban J connectivity index is 0. The van der Waals surface area contributed by atoms with Crippen LogP contribution in [0.25, 0.3) is 0 Å². The van der Waals surface area contributed by atoms with Crippen LogP contribution in [0.15, 0.2) is 0 Å². The molecule has 0 aromatic carbocycles. The molecule has 0 fully saturated rings. The molecule has 0 radical (unpaired) electrons. The lowest BCUT2D eigenvalue weighted by Gasteiger charge is -2.16. The first-order valence-electron chi connectivity index (χ1n) is 2.70. The van der Waals surface area contributed by atoms with E-state index in [-0.39, 0.29) is 12.4 Å². The summed E-state index contributed by atoms with van der Waals surface area (Å²) in [6, 6.07) is 0. The standard InChI is InChI=1S/C5H11NS2.ClH/c1-3-6(4-2)5(7)8;/h3-4H2,1-2H3,(H,7,8);1H. The zero-order valence-electron chi connectivity index (χ0n) is 5.63. The van der Waals surface area contributed by atoms with E-state index in [0.29, 0.717) is 4.32 Å². The Morgan fingerprint density at radius 3 is 1.78 bits per heavy atom. The molecule has 0 saturated carbocycles. The maximum atomic E-state index is 4.81. The first-order valence-corrected chi connectivity index (χ1v) is 3.55. The molecule has 0 heterocycles. The molecule has 0 aliphatic carbocycles. The van der Waals surface area contributed by atoms with Gasteiger partial charge >= 0.3 is 0 Å². The minimum Gasteiger partial charge on any atom is -0.358 e. The van der Waals surface area contributed by atoms with E-state index in [9.17, 15) is 0 Å². The van der Waals surface area contributed by atoms with Gasteiger partial charge in [-0.2, -0.15) is 0 Å². The predicted molar refractivity (Wildman–Crippen MR) is 51.8 cm³/mol. The van der Waals surface area contributed by atoms with Crippen molar-refractivity contribution in [1.29, 1.82) is 0 Å². The van der Waals surface area contributed by atoms with Gasteiger partial charge in [0.2, 0.25) is 0 Å². The summed E-state index contributed by atoms with van der Waals surface area (Å²) in [6.45, 7) is 6.04. The third-order valence-electron chi connectivity index (χ3n) is 1.03. The van der Waals surface area contributed by atoms with Gasteiger partial charge in [0.05, 0.1) is 0 Å². The Kier molecular flexibility index (Phi) is 9.03. The van der Waals surface area contributed by atoms with Gasteiger partial charge in [-0.15, -0.1) is 25.0 Å². The van der Waals surface area contributed by atoms with E-state index >= 15 is 0 Å². The summed E-state index contributed by atoms with van der Waals surface area (Å²) < 4.78 is 0.690. The van der Waals surface area contributed by atoms with Crippen LogP contribution >= 0.6 is 37.3 Å². The van der Waals surface area contributed by atoms with Gasteiger partial charge in [0.15, 0.2) is 0 Å². The van der Waals surface area contributed by atoms with Crippen molar-refractivity contribution < 1.29 is 0 Å². The topological polar surface area (TPSA) is 3.24 Å². The maximum Gasteiger partial charge on any atom is 0.133 e. The molecule has 0 bridgehead atoms. The summed E-state index contributed by atoms with van der Waals surface area (Å²) in [7, 11) is 0. The van der Waals surface area contributed by atoms with Gasteiger partial charge in [-0.3, -0.25) is 0 Å². The molecule has 56 valence electrons. The number of thiocarbonyl (C=S) groups is 1. The molecule has 0 aliphatic rings. The number of nitrogens with zero attached hydrogens (tertiary/aromatic N) is 1. The Hall–Kier alpha value is 0.530. The van der Waals surface area contributed by atoms with E-state index < -0.39 is 0 Å². The van der Waals surface area contributed by atoms with E-state index in [1.165, 1.54) is 0 Å². The summed E-state index contributed by atoms with van der Waals surface area (Å²) in [4.78, 5) is 2.01. The Morgan fingerprint density at radius 2 is 1.78 bits per heavy atom. The van der Waals surface area contributed by atoms with E-state index in [1.807, 2.05) is 4.90 Å². The van der Waals surface area contributed by atoms with E-state index in [4.69, 9.17) is 12.2 Å². The lowest BCUT2D eigenvalue weighted by molar-refractivity contribution is 0.482. The summed E-state index contributed by atoms with van der Waals surface area (Å²) >= 11 is 8.82. The molecule has 0 atom stereocenters. The van der Waals surface area contributed by atoms with Gasteiger partial charge in [0.1, 0.15) is 4.32 Å². The predicted octanol–water partition coefficient (Wildman–Crippen LogP) is 1.96. The fraction of sp³-hybridized carbons (Fsp3) is 0.800. The van der Waals surface area contributed by atoms with E-state index in [2.05, 4.69) is 26.5 Å². The van der Waals surface area contributed by atoms with Crippen LogP contribution in [-0.2, 0) is 0 Å². The van der Waals surface area contributed by atoms with Crippen LogP contribution in [0.4, 0.5) is 0 Å². The second-order valence-corrected chi connectivity index (χ2v) is 2.57. The molecule has 0 spiro atoms. The van der Waals surface area contributed by atoms with Gasteiger partial charge in [-0.05, 0) is 13.8 Å². The zero-order valence-corrected chi connectivity index (χ0v) is 8.15. The summed E-state index contributed by atoms with van der Waals surface area (Å²) in [5.74, 6) is 0. The molecule has 0 aromatic rings. The summed E-state index contributed by atoms with van der Waals surface area (Å²) in [5.41, 5.74) is 0. The van der Waals surface area contributed by atoms with Crippen molar-refractivity contribution >= 4 is 41.6 Å². The Bertz CT molecular complexity index is 83.0. The minimum absolute atomic E-state index is 0. The van der Waals surface area contributed by atoms with Crippen LogP contribution in [0.1, 0.15) is 13.8 Å². The van der Waals surface area contributed by atoms with Gasteiger partial charge < -0.3 is 4.90 Å². The van der Waals surface area contributed by atoms with Gasteiger partial charge in [0.25, 0.3) is 0 Å². The molecule has 1 nitrogen and oxygen atoms in total. The monoisotopic (exact) mass is 185 g/mol. The largest absolute Gasteiger partial charge is 0.358 e. The smallest absolute Gasteiger partial charge is 0.133 e. The quantitative estimate of drug-likeness (QED) is 0.518. The van der Waals surface area contributed by atoms with Crippen LogP contribution in [0, 0.1) is 0 Å². The van der Waals surface area contributed by atoms with Crippen LogP contribution in [0.2, 0.25) is 0 Å². The highest BCUT2D eigenvalue weighted by molar-refractivity contribution is 8.10. The third kappa shape index (κ3) is 5.00. The summed E-state index contributed by atoms with van der Waals surface area (Å²) in [5, 5.41) is 0. The van der Waals surface area contributed by atoms with Crippen molar-refractivity contribution in [2.24, 2.45) is 0 Å². The van der Waals surface area contributed by atoms with Crippen LogP contribution in [0.3, 0.4) is 0 Å². The molecule has 0 aromatic heterocycles. The van der Waals surface area contributed by atoms with Crippen molar-refractivity contribution in [2.45, 2.75) is 13.8 Å². The maximum absolute atomic E-state index is 4.81. The van der Waals surface area contributed by atoms with Gasteiger partial charge in [-0.1, -0.05) is 12.2 Å². The van der Waals surface area contributed by atoms with Crippen LogP contribution in [0.5, 0.6) is 0 Å².